The molecule has 1 aromatic rings. The molecule has 114 valence electrons. The highest BCUT2D eigenvalue weighted by atomic mass is 32.1. The molecule has 1 fully saturated rings. The molecule has 4 nitrogen and oxygen atoms in total. The number of thiocarbonyl (C=S) groups is 1. The van der Waals surface area contributed by atoms with Gasteiger partial charge in [0.25, 0.3) is 0 Å². The molecule has 5 heteroatoms. The van der Waals surface area contributed by atoms with E-state index in [0.717, 1.165) is 30.8 Å². The van der Waals surface area contributed by atoms with Gasteiger partial charge in [0.05, 0.1) is 11.8 Å². The van der Waals surface area contributed by atoms with Gasteiger partial charge in [-0.15, -0.1) is 0 Å². The molecule has 21 heavy (non-hydrogen) atoms. The molecule has 1 aromatic carbocycles. The number of nitrogens with one attached hydrogen (secondary N) is 2. The number of hydrogen-bond acceptors (Lipinski definition) is 3. The highest BCUT2D eigenvalue weighted by Gasteiger charge is 2.18. The van der Waals surface area contributed by atoms with E-state index in [0.29, 0.717) is 11.0 Å². The summed E-state index contributed by atoms with van der Waals surface area (Å²) in [6, 6.07) is 8.27. The summed E-state index contributed by atoms with van der Waals surface area (Å²) in [7, 11) is 0. The Balaban J connectivity index is 1.85. The molecule has 0 spiro atoms. The largest absolute Gasteiger partial charge is 0.372 e. The molecule has 1 aliphatic rings. The standard InChI is InChI=1S/C16H23N3OS/c1-11(2)13-6-8-14(9-7-13)17-16(21)19-18-12(3)15-5-4-10-20-15/h6-9,11,15H,4-5,10H2,1-3H3,(H2,17,19,21)/b18-12+. The van der Waals surface area contributed by atoms with Crippen LogP contribution in [0.2, 0.25) is 0 Å². The number of hydrazone groups is 1. The highest BCUT2D eigenvalue weighted by Crippen LogP contribution is 2.17. The molecule has 1 saturated heterocycles. The number of nitrogens with zero attached hydrogens (tertiary/aromatic N) is 1. The molecule has 2 rings (SSSR count). The van der Waals surface area contributed by atoms with Gasteiger partial charge in [0.1, 0.15) is 0 Å². The summed E-state index contributed by atoms with van der Waals surface area (Å²) in [4.78, 5) is 0. The predicted molar refractivity (Wildman–Crippen MR) is 92.0 cm³/mol. The maximum Gasteiger partial charge on any atom is 0.191 e. The lowest BCUT2D eigenvalue weighted by molar-refractivity contribution is 0.158. The van der Waals surface area contributed by atoms with Crippen LogP contribution in [0.4, 0.5) is 5.69 Å². The van der Waals surface area contributed by atoms with Crippen molar-refractivity contribution in [3.8, 4) is 0 Å². The van der Waals surface area contributed by atoms with Gasteiger partial charge in [-0.25, -0.2) is 0 Å². The first-order chi connectivity index (χ1) is 10.1. The van der Waals surface area contributed by atoms with E-state index in [2.05, 4.69) is 41.8 Å². The van der Waals surface area contributed by atoms with E-state index in [1.807, 2.05) is 19.1 Å². The quantitative estimate of drug-likeness (QED) is 0.506. The van der Waals surface area contributed by atoms with Crippen molar-refractivity contribution in [2.24, 2.45) is 5.10 Å². The smallest absolute Gasteiger partial charge is 0.191 e. The molecule has 2 N–H and O–H groups in total. The van der Waals surface area contributed by atoms with Crippen molar-refractivity contribution in [3.63, 3.8) is 0 Å². The van der Waals surface area contributed by atoms with E-state index in [1.165, 1.54) is 5.56 Å². The SMILES string of the molecule is C/C(=N\NC(=S)Nc1ccc(C(C)C)cc1)C1CCCO1. The molecule has 0 bridgehead atoms. The summed E-state index contributed by atoms with van der Waals surface area (Å²) in [5.41, 5.74) is 6.08. The lowest BCUT2D eigenvalue weighted by Crippen LogP contribution is -2.27. The van der Waals surface area contributed by atoms with Gasteiger partial charge in [-0.05, 0) is 55.6 Å². The molecule has 0 saturated carbocycles. The van der Waals surface area contributed by atoms with E-state index in [4.69, 9.17) is 17.0 Å². The van der Waals surface area contributed by atoms with Crippen LogP contribution in [0.15, 0.2) is 29.4 Å². The summed E-state index contributed by atoms with van der Waals surface area (Å²) in [5.74, 6) is 0.530. The van der Waals surface area contributed by atoms with Crippen molar-refractivity contribution >= 4 is 28.7 Å². The Kier molecular flexibility index (Phi) is 5.70. The van der Waals surface area contributed by atoms with Crippen LogP contribution < -0.4 is 10.7 Å². The van der Waals surface area contributed by atoms with Crippen molar-refractivity contribution in [1.29, 1.82) is 0 Å². The van der Waals surface area contributed by atoms with Gasteiger partial charge < -0.3 is 10.1 Å². The molecule has 0 radical (unpaired) electrons. The Hall–Kier alpha value is -1.46. The Bertz CT molecular complexity index is 505. The van der Waals surface area contributed by atoms with Crippen LogP contribution in [-0.4, -0.2) is 23.5 Å². The van der Waals surface area contributed by atoms with Crippen LogP contribution >= 0.6 is 12.2 Å². The Morgan fingerprint density at radius 3 is 2.62 bits per heavy atom. The highest BCUT2D eigenvalue weighted by molar-refractivity contribution is 7.80. The number of hydrogen-bond donors (Lipinski definition) is 2. The van der Waals surface area contributed by atoms with Crippen molar-refractivity contribution in [2.75, 3.05) is 11.9 Å². The fourth-order valence-electron chi connectivity index (χ4n) is 2.23. The van der Waals surface area contributed by atoms with Crippen molar-refractivity contribution in [2.45, 2.75) is 45.6 Å². The molecule has 1 aliphatic heterocycles. The Morgan fingerprint density at radius 1 is 1.33 bits per heavy atom. The number of rotatable bonds is 4. The lowest BCUT2D eigenvalue weighted by Gasteiger charge is -2.12. The van der Waals surface area contributed by atoms with Crippen molar-refractivity contribution in [1.82, 2.24) is 5.43 Å². The van der Waals surface area contributed by atoms with Gasteiger partial charge in [-0.3, -0.25) is 5.43 Å². The average molecular weight is 305 g/mol. The molecule has 1 unspecified atom stereocenters. The second kappa shape index (κ2) is 7.52. The predicted octanol–water partition coefficient (Wildman–Crippen LogP) is 3.65. The summed E-state index contributed by atoms with van der Waals surface area (Å²) < 4.78 is 5.57. The zero-order chi connectivity index (χ0) is 15.2. The lowest BCUT2D eigenvalue weighted by atomic mass is 10.0. The van der Waals surface area contributed by atoms with Crippen LogP contribution in [0.1, 0.15) is 45.1 Å². The van der Waals surface area contributed by atoms with Gasteiger partial charge in [0.15, 0.2) is 5.11 Å². The topological polar surface area (TPSA) is 45.7 Å². The first-order valence-electron chi connectivity index (χ1n) is 7.39. The van der Waals surface area contributed by atoms with Crippen LogP contribution in [0, 0.1) is 0 Å². The molecular weight excluding hydrogens is 282 g/mol. The fourth-order valence-corrected chi connectivity index (χ4v) is 2.39. The van der Waals surface area contributed by atoms with E-state index < -0.39 is 0 Å². The van der Waals surface area contributed by atoms with Crippen molar-refractivity contribution < 1.29 is 4.74 Å². The number of ether oxygens (including phenoxy) is 1. The number of benzene rings is 1. The fraction of sp³-hybridized carbons (Fsp3) is 0.500. The monoisotopic (exact) mass is 305 g/mol. The normalized spacial score (nSPS) is 18.9. The zero-order valence-electron chi connectivity index (χ0n) is 12.8. The molecular formula is C16H23N3OS. The van der Waals surface area contributed by atoms with Crippen LogP contribution in [-0.2, 0) is 4.74 Å². The van der Waals surface area contributed by atoms with E-state index in [1.54, 1.807) is 0 Å². The van der Waals surface area contributed by atoms with Crippen molar-refractivity contribution in [3.05, 3.63) is 29.8 Å². The van der Waals surface area contributed by atoms with Gasteiger partial charge in [0.2, 0.25) is 0 Å². The molecule has 0 amide bonds. The van der Waals surface area contributed by atoms with Crippen LogP contribution in [0.5, 0.6) is 0 Å². The maximum atomic E-state index is 5.57. The summed E-state index contributed by atoms with van der Waals surface area (Å²) >= 11 is 5.24. The minimum atomic E-state index is 0.130. The Morgan fingerprint density at radius 2 is 2.05 bits per heavy atom. The molecule has 1 heterocycles. The third-order valence-corrected chi connectivity index (χ3v) is 3.76. The minimum Gasteiger partial charge on any atom is -0.372 e. The van der Waals surface area contributed by atoms with E-state index in [9.17, 15) is 0 Å². The van der Waals surface area contributed by atoms with Gasteiger partial charge in [-0.1, -0.05) is 26.0 Å². The third-order valence-electron chi connectivity index (χ3n) is 3.56. The van der Waals surface area contributed by atoms with Gasteiger partial charge in [0, 0.05) is 12.3 Å². The minimum absolute atomic E-state index is 0.130. The van der Waals surface area contributed by atoms with Gasteiger partial charge >= 0.3 is 0 Å². The second-order valence-electron chi connectivity index (χ2n) is 5.60. The number of anilines is 1. The van der Waals surface area contributed by atoms with E-state index >= 15 is 0 Å². The molecule has 1 atom stereocenters. The summed E-state index contributed by atoms with van der Waals surface area (Å²) in [6.45, 7) is 7.14. The summed E-state index contributed by atoms with van der Waals surface area (Å²) in [6.07, 6.45) is 2.27. The van der Waals surface area contributed by atoms with E-state index in [-0.39, 0.29) is 6.10 Å². The van der Waals surface area contributed by atoms with Gasteiger partial charge in [-0.2, -0.15) is 5.10 Å². The summed E-state index contributed by atoms with van der Waals surface area (Å²) in [5, 5.41) is 7.90. The molecule has 0 aliphatic carbocycles. The van der Waals surface area contributed by atoms with Crippen LogP contribution in [0.3, 0.4) is 0 Å². The van der Waals surface area contributed by atoms with Crippen LogP contribution in [0.25, 0.3) is 0 Å². The zero-order valence-corrected chi connectivity index (χ0v) is 13.7. The Labute approximate surface area is 132 Å². The first kappa shape index (κ1) is 15.9. The average Bonchev–Trinajstić information content (AvgIpc) is 2.99. The second-order valence-corrected chi connectivity index (χ2v) is 6.01. The third kappa shape index (κ3) is 4.79. The molecule has 0 aromatic heterocycles. The maximum absolute atomic E-state index is 5.57. The first-order valence-corrected chi connectivity index (χ1v) is 7.80.